The fraction of sp³-hybridized carbons (Fsp3) is 0.0588. The summed E-state index contributed by atoms with van der Waals surface area (Å²) in [7, 11) is 1.65. The molecule has 1 aromatic heterocycles. The predicted octanol–water partition coefficient (Wildman–Crippen LogP) is 4.55. The number of thiazole rings is 1. The van der Waals surface area contributed by atoms with Gasteiger partial charge < -0.3 is 10.1 Å². The Morgan fingerprint density at radius 3 is 2.91 bits per heavy atom. The summed E-state index contributed by atoms with van der Waals surface area (Å²) in [4.78, 5) is 18.5. The van der Waals surface area contributed by atoms with Crippen LogP contribution in [0.2, 0.25) is 0 Å². The van der Waals surface area contributed by atoms with Crippen molar-refractivity contribution >= 4 is 44.2 Å². The molecule has 1 N–H and O–H groups in total. The molecular formula is C17H12N2O2S2. The van der Waals surface area contributed by atoms with Crippen LogP contribution in [-0.2, 0) is 0 Å². The van der Waals surface area contributed by atoms with Gasteiger partial charge in [0.25, 0.3) is 0 Å². The van der Waals surface area contributed by atoms with Crippen LogP contribution < -0.4 is 10.1 Å². The molecule has 23 heavy (non-hydrogen) atoms. The van der Waals surface area contributed by atoms with Gasteiger partial charge in [-0.3, -0.25) is 4.79 Å². The molecule has 4 rings (SSSR count). The number of carbonyl (C=O) groups is 1. The van der Waals surface area contributed by atoms with E-state index in [2.05, 4.69) is 10.3 Å². The van der Waals surface area contributed by atoms with Gasteiger partial charge in [-0.25, -0.2) is 4.98 Å². The molecule has 6 heteroatoms. The summed E-state index contributed by atoms with van der Waals surface area (Å²) >= 11 is 3.01. The van der Waals surface area contributed by atoms with Crippen LogP contribution in [0.15, 0.2) is 58.5 Å². The maximum absolute atomic E-state index is 12.3. The van der Waals surface area contributed by atoms with Crippen LogP contribution in [0.4, 0.5) is 5.13 Å². The van der Waals surface area contributed by atoms with Crippen molar-refractivity contribution in [2.45, 2.75) is 4.90 Å². The number of anilines is 1. The van der Waals surface area contributed by atoms with E-state index in [0.29, 0.717) is 4.91 Å². The van der Waals surface area contributed by atoms with E-state index in [-0.39, 0.29) is 5.78 Å². The van der Waals surface area contributed by atoms with Gasteiger partial charge in [0.15, 0.2) is 5.13 Å². The van der Waals surface area contributed by atoms with E-state index in [1.807, 2.05) is 42.5 Å². The molecule has 2 heterocycles. The number of nitrogens with one attached hydrogen (secondary N) is 1. The molecule has 0 radical (unpaired) electrons. The molecule has 2 aromatic carbocycles. The molecule has 4 nitrogen and oxygen atoms in total. The Morgan fingerprint density at radius 2 is 2.09 bits per heavy atom. The second kappa shape index (κ2) is 5.72. The Hall–Kier alpha value is -2.31. The first-order valence-electron chi connectivity index (χ1n) is 6.97. The molecular weight excluding hydrogens is 328 g/mol. The van der Waals surface area contributed by atoms with E-state index in [9.17, 15) is 4.79 Å². The highest BCUT2D eigenvalue weighted by atomic mass is 32.2. The summed E-state index contributed by atoms with van der Waals surface area (Å²) in [6.45, 7) is 0. The summed E-state index contributed by atoms with van der Waals surface area (Å²) in [5.41, 5.74) is 1.67. The average Bonchev–Trinajstić information content (AvgIpc) is 3.13. The van der Waals surface area contributed by atoms with Crippen LogP contribution in [0, 0.1) is 0 Å². The molecule has 3 aromatic rings. The van der Waals surface area contributed by atoms with E-state index in [1.54, 1.807) is 13.3 Å². The number of ketones is 1. The lowest BCUT2D eigenvalue weighted by atomic mass is 10.1. The maximum atomic E-state index is 12.3. The number of benzene rings is 2. The molecule has 0 atom stereocenters. The van der Waals surface area contributed by atoms with Crippen molar-refractivity contribution in [2.24, 2.45) is 0 Å². The second-order valence-electron chi connectivity index (χ2n) is 4.93. The summed E-state index contributed by atoms with van der Waals surface area (Å²) in [5.74, 6) is 0.865. The molecule has 0 saturated heterocycles. The minimum atomic E-state index is 0.0564. The number of methoxy groups -OCH3 is 1. The SMILES string of the molecule is COc1ccc2nc(N/C=C3\Sc4ccccc4C3=O)sc2c1. The summed E-state index contributed by atoms with van der Waals surface area (Å²) in [5, 5.41) is 3.90. The molecule has 0 spiro atoms. The van der Waals surface area contributed by atoms with Gasteiger partial charge in [0.1, 0.15) is 5.75 Å². The van der Waals surface area contributed by atoms with Crippen molar-refractivity contribution in [3.8, 4) is 5.75 Å². The molecule has 114 valence electrons. The van der Waals surface area contributed by atoms with Gasteiger partial charge in [-0.05, 0) is 30.3 Å². The molecule has 1 aliphatic heterocycles. The van der Waals surface area contributed by atoms with E-state index >= 15 is 0 Å². The monoisotopic (exact) mass is 340 g/mol. The number of carbonyl (C=O) groups excluding carboxylic acids is 1. The van der Waals surface area contributed by atoms with Crippen LogP contribution in [0.5, 0.6) is 5.75 Å². The lowest BCUT2D eigenvalue weighted by Gasteiger charge is -1.96. The Labute approximate surface area is 141 Å². The number of Topliss-reactive ketones (excluding diaryl/α,β-unsaturated/α-hetero) is 1. The fourth-order valence-corrected chi connectivity index (χ4v) is 4.19. The zero-order valence-corrected chi connectivity index (χ0v) is 13.8. The first-order chi connectivity index (χ1) is 11.2. The summed E-state index contributed by atoms with van der Waals surface area (Å²) < 4.78 is 6.26. The number of nitrogens with zero attached hydrogens (tertiary/aromatic N) is 1. The van der Waals surface area contributed by atoms with Crippen molar-refractivity contribution in [3.63, 3.8) is 0 Å². The predicted molar refractivity (Wildman–Crippen MR) is 94.5 cm³/mol. The van der Waals surface area contributed by atoms with Gasteiger partial charge in [-0.2, -0.15) is 0 Å². The number of hydrogen-bond donors (Lipinski definition) is 1. The van der Waals surface area contributed by atoms with Crippen LogP contribution in [0.3, 0.4) is 0 Å². The quantitative estimate of drug-likeness (QED) is 0.709. The molecule has 1 aliphatic rings. The van der Waals surface area contributed by atoms with Gasteiger partial charge in [-0.1, -0.05) is 35.2 Å². The normalized spacial score (nSPS) is 15.2. The van der Waals surface area contributed by atoms with Crippen molar-refractivity contribution in [1.82, 2.24) is 4.98 Å². The first-order valence-corrected chi connectivity index (χ1v) is 8.61. The molecule has 0 saturated carbocycles. The Kier molecular flexibility index (Phi) is 3.55. The van der Waals surface area contributed by atoms with Gasteiger partial charge in [-0.15, -0.1) is 0 Å². The smallest absolute Gasteiger partial charge is 0.202 e. The Bertz CT molecular complexity index is 947. The zero-order chi connectivity index (χ0) is 15.8. The Morgan fingerprint density at radius 1 is 1.22 bits per heavy atom. The van der Waals surface area contributed by atoms with Crippen LogP contribution in [0.25, 0.3) is 10.2 Å². The summed E-state index contributed by atoms with van der Waals surface area (Å²) in [6, 6.07) is 13.4. The number of aromatic nitrogens is 1. The minimum absolute atomic E-state index is 0.0564. The van der Waals surface area contributed by atoms with Gasteiger partial charge in [0, 0.05) is 16.7 Å². The van der Waals surface area contributed by atoms with Crippen LogP contribution in [-0.4, -0.2) is 17.9 Å². The third-order valence-electron chi connectivity index (χ3n) is 3.50. The fourth-order valence-electron chi connectivity index (χ4n) is 2.36. The topological polar surface area (TPSA) is 51.2 Å². The Balaban J connectivity index is 1.59. The third kappa shape index (κ3) is 2.60. The van der Waals surface area contributed by atoms with Crippen LogP contribution in [0.1, 0.15) is 10.4 Å². The standard InChI is InChI=1S/C17H12N2O2S2/c1-21-10-6-7-12-14(8-10)23-17(19-12)18-9-15-16(20)11-4-2-3-5-13(11)22-15/h2-9H,1H3,(H,18,19)/b15-9-. The lowest BCUT2D eigenvalue weighted by Crippen LogP contribution is -1.97. The molecule has 0 amide bonds. The van der Waals surface area contributed by atoms with Gasteiger partial charge in [0.05, 0.1) is 22.2 Å². The number of ether oxygens (including phenoxy) is 1. The molecule has 0 fully saturated rings. The summed E-state index contributed by atoms with van der Waals surface area (Å²) in [6.07, 6.45) is 1.74. The van der Waals surface area contributed by atoms with Crippen molar-refractivity contribution in [1.29, 1.82) is 0 Å². The minimum Gasteiger partial charge on any atom is -0.497 e. The van der Waals surface area contributed by atoms with E-state index < -0.39 is 0 Å². The number of hydrogen-bond acceptors (Lipinski definition) is 6. The molecule has 0 bridgehead atoms. The van der Waals surface area contributed by atoms with Crippen molar-refractivity contribution < 1.29 is 9.53 Å². The van der Waals surface area contributed by atoms with E-state index in [0.717, 1.165) is 31.6 Å². The van der Waals surface area contributed by atoms with Gasteiger partial charge >= 0.3 is 0 Å². The van der Waals surface area contributed by atoms with Crippen LogP contribution >= 0.6 is 23.1 Å². The van der Waals surface area contributed by atoms with Crippen molar-refractivity contribution in [2.75, 3.05) is 12.4 Å². The van der Waals surface area contributed by atoms with E-state index in [1.165, 1.54) is 23.1 Å². The average molecular weight is 340 g/mol. The number of allylic oxidation sites excluding steroid dienone is 1. The highest BCUT2D eigenvalue weighted by Crippen LogP contribution is 2.39. The van der Waals surface area contributed by atoms with E-state index in [4.69, 9.17) is 4.74 Å². The van der Waals surface area contributed by atoms with Gasteiger partial charge in [0.2, 0.25) is 5.78 Å². The lowest BCUT2D eigenvalue weighted by molar-refractivity contribution is 0.104. The largest absolute Gasteiger partial charge is 0.497 e. The second-order valence-corrected chi connectivity index (χ2v) is 7.05. The third-order valence-corrected chi connectivity index (χ3v) is 5.55. The van der Waals surface area contributed by atoms with Crippen molar-refractivity contribution in [3.05, 3.63) is 59.1 Å². The maximum Gasteiger partial charge on any atom is 0.202 e. The molecule has 0 aliphatic carbocycles. The molecule has 0 unspecified atom stereocenters. The first kappa shape index (κ1) is 14.3. The number of fused-ring (bicyclic) bond motifs is 2. The number of rotatable bonds is 3. The highest BCUT2D eigenvalue weighted by molar-refractivity contribution is 8.04. The zero-order valence-electron chi connectivity index (χ0n) is 12.2. The number of thioether (sulfide) groups is 1. The highest BCUT2D eigenvalue weighted by Gasteiger charge is 2.25.